The Morgan fingerprint density at radius 1 is 0.944 bits per heavy atom. The molecule has 3 rings (SSSR count). The molecule has 0 aromatic heterocycles. The molecule has 0 radical (unpaired) electrons. The highest BCUT2D eigenvalue weighted by Gasteiger charge is 2.20. The maximum atomic E-state index is 9.40. The Kier molecular flexibility index (Phi) is 2.99. The van der Waals surface area contributed by atoms with E-state index in [4.69, 9.17) is 0 Å². The first kappa shape index (κ1) is 11.6. The van der Waals surface area contributed by atoms with E-state index >= 15 is 0 Å². The first-order valence-electron chi connectivity index (χ1n) is 5.74. The van der Waals surface area contributed by atoms with Crippen LogP contribution in [0.15, 0.2) is 46.2 Å². The van der Waals surface area contributed by atoms with E-state index in [0.29, 0.717) is 0 Å². The SMILES string of the molecule is OCc1ccc(CO)c2c1Nc1ccccc1S2. The maximum absolute atomic E-state index is 9.40. The van der Waals surface area contributed by atoms with E-state index in [-0.39, 0.29) is 13.2 Å². The molecule has 1 aliphatic heterocycles. The molecule has 0 bridgehead atoms. The molecule has 92 valence electrons. The number of hydrogen-bond acceptors (Lipinski definition) is 4. The standard InChI is InChI=1S/C14H13NO2S/c16-7-9-5-6-10(8-17)14-13(9)15-11-3-1-2-4-12(11)18-14/h1-6,15-17H,7-8H2. The van der Waals surface area contributed by atoms with E-state index in [1.807, 2.05) is 36.4 Å². The number of anilines is 2. The van der Waals surface area contributed by atoms with Crippen LogP contribution < -0.4 is 5.32 Å². The van der Waals surface area contributed by atoms with Crippen LogP contribution in [0.3, 0.4) is 0 Å². The van der Waals surface area contributed by atoms with Gasteiger partial charge in [0.1, 0.15) is 0 Å². The van der Waals surface area contributed by atoms with Crippen LogP contribution in [0.25, 0.3) is 0 Å². The van der Waals surface area contributed by atoms with Gasteiger partial charge in [-0.3, -0.25) is 0 Å². The molecule has 0 saturated carbocycles. The second-order valence-corrected chi connectivity index (χ2v) is 5.18. The average molecular weight is 259 g/mol. The molecule has 0 atom stereocenters. The van der Waals surface area contributed by atoms with Crippen LogP contribution >= 0.6 is 11.8 Å². The van der Waals surface area contributed by atoms with Crippen molar-refractivity contribution in [1.82, 2.24) is 0 Å². The fourth-order valence-corrected chi connectivity index (χ4v) is 3.22. The van der Waals surface area contributed by atoms with Gasteiger partial charge in [0.15, 0.2) is 0 Å². The molecular formula is C14H13NO2S. The Morgan fingerprint density at radius 3 is 2.44 bits per heavy atom. The highest BCUT2D eigenvalue weighted by atomic mass is 32.2. The third-order valence-electron chi connectivity index (χ3n) is 3.02. The monoisotopic (exact) mass is 259 g/mol. The quantitative estimate of drug-likeness (QED) is 0.662. The lowest BCUT2D eigenvalue weighted by molar-refractivity contribution is 0.276. The fourth-order valence-electron chi connectivity index (χ4n) is 2.08. The Labute approximate surface area is 109 Å². The lowest BCUT2D eigenvalue weighted by atomic mass is 10.1. The van der Waals surface area contributed by atoms with Crippen molar-refractivity contribution in [2.45, 2.75) is 23.0 Å². The molecule has 0 unspecified atom stereocenters. The van der Waals surface area contributed by atoms with Crippen LogP contribution in [-0.4, -0.2) is 10.2 Å². The molecule has 3 nitrogen and oxygen atoms in total. The van der Waals surface area contributed by atoms with Gasteiger partial charge in [-0.05, 0) is 17.7 Å². The Morgan fingerprint density at radius 2 is 1.67 bits per heavy atom. The maximum Gasteiger partial charge on any atom is 0.0702 e. The van der Waals surface area contributed by atoms with E-state index < -0.39 is 0 Å². The van der Waals surface area contributed by atoms with Crippen LogP contribution in [0.4, 0.5) is 11.4 Å². The largest absolute Gasteiger partial charge is 0.392 e. The minimum absolute atomic E-state index is 0.00485. The topological polar surface area (TPSA) is 52.5 Å². The van der Waals surface area contributed by atoms with Gasteiger partial charge in [0.2, 0.25) is 0 Å². The zero-order valence-electron chi connectivity index (χ0n) is 9.68. The van der Waals surface area contributed by atoms with Crippen molar-refractivity contribution in [3.05, 3.63) is 47.5 Å². The summed E-state index contributed by atoms with van der Waals surface area (Å²) in [6, 6.07) is 11.7. The molecule has 1 aliphatic rings. The average Bonchev–Trinajstić information content (AvgIpc) is 2.44. The van der Waals surface area contributed by atoms with Gasteiger partial charge in [0, 0.05) is 15.4 Å². The first-order chi connectivity index (χ1) is 8.83. The predicted octanol–water partition coefficient (Wildman–Crippen LogP) is 2.88. The van der Waals surface area contributed by atoms with Gasteiger partial charge in [-0.2, -0.15) is 0 Å². The van der Waals surface area contributed by atoms with Crippen LogP contribution in [0.5, 0.6) is 0 Å². The van der Waals surface area contributed by atoms with Gasteiger partial charge < -0.3 is 15.5 Å². The summed E-state index contributed by atoms with van der Waals surface area (Å²) in [4.78, 5) is 2.14. The predicted molar refractivity (Wildman–Crippen MR) is 72.1 cm³/mol. The third-order valence-corrected chi connectivity index (χ3v) is 4.27. The highest BCUT2D eigenvalue weighted by Crippen LogP contribution is 2.47. The second kappa shape index (κ2) is 4.65. The first-order valence-corrected chi connectivity index (χ1v) is 6.55. The van der Waals surface area contributed by atoms with Crippen LogP contribution in [0.2, 0.25) is 0 Å². The number of hydrogen-bond donors (Lipinski definition) is 3. The van der Waals surface area contributed by atoms with Gasteiger partial charge in [0.25, 0.3) is 0 Å². The summed E-state index contributed by atoms with van der Waals surface area (Å²) < 4.78 is 0. The van der Waals surface area contributed by atoms with Crippen molar-refractivity contribution < 1.29 is 10.2 Å². The van der Waals surface area contributed by atoms with E-state index in [2.05, 4.69) is 5.32 Å². The zero-order chi connectivity index (χ0) is 12.5. The van der Waals surface area contributed by atoms with Crippen LogP contribution in [-0.2, 0) is 13.2 Å². The van der Waals surface area contributed by atoms with E-state index in [0.717, 1.165) is 32.3 Å². The Hall–Kier alpha value is -1.49. The third kappa shape index (κ3) is 1.79. The number of aliphatic hydroxyl groups excluding tert-OH is 2. The minimum Gasteiger partial charge on any atom is -0.392 e. The summed E-state index contributed by atoms with van der Waals surface area (Å²) in [5, 5.41) is 22.1. The summed E-state index contributed by atoms with van der Waals surface area (Å²) in [6.45, 7) is -0.00530. The van der Waals surface area contributed by atoms with E-state index in [9.17, 15) is 10.2 Å². The van der Waals surface area contributed by atoms with Gasteiger partial charge in [-0.25, -0.2) is 0 Å². The molecule has 18 heavy (non-hydrogen) atoms. The Bertz CT molecular complexity index is 546. The smallest absolute Gasteiger partial charge is 0.0702 e. The van der Waals surface area contributed by atoms with Crippen molar-refractivity contribution in [2.75, 3.05) is 5.32 Å². The molecule has 0 fully saturated rings. The van der Waals surface area contributed by atoms with Gasteiger partial charge in [-0.15, -0.1) is 0 Å². The van der Waals surface area contributed by atoms with Crippen LogP contribution in [0.1, 0.15) is 11.1 Å². The molecule has 3 N–H and O–H groups in total. The van der Waals surface area contributed by atoms with Crippen LogP contribution in [0, 0.1) is 0 Å². The number of nitrogens with one attached hydrogen (secondary N) is 1. The molecule has 0 spiro atoms. The highest BCUT2D eigenvalue weighted by molar-refractivity contribution is 7.99. The summed E-state index contributed by atoms with van der Waals surface area (Å²) in [6.07, 6.45) is 0. The fraction of sp³-hybridized carbons (Fsp3) is 0.143. The van der Waals surface area contributed by atoms with Crippen molar-refractivity contribution in [2.24, 2.45) is 0 Å². The number of aliphatic hydroxyl groups is 2. The molecule has 0 aliphatic carbocycles. The second-order valence-electron chi connectivity index (χ2n) is 4.13. The molecule has 0 amide bonds. The van der Waals surface area contributed by atoms with Gasteiger partial charge in [0.05, 0.1) is 24.6 Å². The van der Waals surface area contributed by atoms with Gasteiger partial charge in [-0.1, -0.05) is 36.0 Å². The van der Waals surface area contributed by atoms with Crippen molar-refractivity contribution in [3.63, 3.8) is 0 Å². The normalized spacial score (nSPS) is 12.6. The summed E-state index contributed by atoms with van der Waals surface area (Å²) >= 11 is 1.63. The molecule has 2 aromatic rings. The summed E-state index contributed by atoms with van der Waals surface area (Å²) in [5.41, 5.74) is 3.69. The zero-order valence-corrected chi connectivity index (χ0v) is 10.5. The minimum atomic E-state index is -0.0101. The van der Waals surface area contributed by atoms with E-state index in [1.165, 1.54) is 0 Å². The number of para-hydroxylation sites is 1. The van der Waals surface area contributed by atoms with Crippen molar-refractivity contribution in [3.8, 4) is 0 Å². The molecule has 4 heteroatoms. The molecular weight excluding hydrogens is 246 g/mol. The summed E-state index contributed by atoms with van der Waals surface area (Å²) in [7, 11) is 0. The van der Waals surface area contributed by atoms with Crippen molar-refractivity contribution in [1.29, 1.82) is 0 Å². The van der Waals surface area contributed by atoms with Gasteiger partial charge >= 0.3 is 0 Å². The number of benzene rings is 2. The molecule has 1 heterocycles. The van der Waals surface area contributed by atoms with E-state index in [1.54, 1.807) is 11.8 Å². The van der Waals surface area contributed by atoms with Crippen molar-refractivity contribution >= 4 is 23.1 Å². The number of fused-ring (bicyclic) bond motifs is 2. The number of rotatable bonds is 2. The Balaban J connectivity index is 2.16. The lowest BCUT2D eigenvalue weighted by Crippen LogP contribution is -2.06. The lowest BCUT2D eigenvalue weighted by Gasteiger charge is -2.24. The summed E-state index contributed by atoms with van der Waals surface area (Å²) in [5.74, 6) is 0. The molecule has 0 saturated heterocycles. The molecule has 2 aromatic carbocycles.